The molecule has 4 heteroatoms. The second kappa shape index (κ2) is 13.7. The maximum atomic E-state index is 11.3. The molecule has 5 atom stereocenters. The molecule has 3 aliphatic carbocycles. The number of benzene rings is 2. The Morgan fingerprint density at radius 1 is 0.946 bits per heavy atom. The number of unbranched alkanes of at least 4 members (excludes halogenated alkanes) is 1. The molecule has 4 nitrogen and oxygen atoms in total. The van der Waals surface area contributed by atoms with E-state index in [4.69, 9.17) is 4.74 Å². The van der Waals surface area contributed by atoms with Crippen molar-refractivity contribution in [2.45, 2.75) is 88.4 Å². The molecule has 1 N–H and O–H groups in total. The number of hydrogen-bond acceptors (Lipinski definition) is 4. The predicted octanol–water partition coefficient (Wildman–Crippen LogP) is 6.41. The first-order valence-corrected chi connectivity index (χ1v) is 14.6. The summed E-state index contributed by atoms with van der Waals surface area (Å²) in [7, 11) is 4.22. The first kappa shape index (κ1) is 28.0. The Hall–Kier alpha value is -2.01. The van der Waals surface area contributed by atoms with Crippen molar-refractivity contribution in [1.29, 1.82) is 0 Å². The quantitative estimate of drug-likeness (QED) is 0.299. The van der Waals surface area contributed by atoms with Gasteiger partial charge in [0.25, 0.3) is 0 Å². The van der Waals surface area contributed by atoms with Gasteiger partial charge in [-0.3, -0.25) is 4.79 Å². The van der Waals surface area contributed by atoms with E-state index in [1.807, 2.05) is 37.4 Å². The maximum Gasteiger partial charge on any atom is 0.156 e. The van der Waals surface area contributed by atoms with E-state index in [2.05, 4.69) is 42.3 Å². The maximum absolute atomic E-state index is 11.3. The van der Waals surface area contributed by atoms with E-state index >= 15 is 0 Å². The first-order valence-electron chi connectivity index (χ1n) is 14.6. The van der Waals surface area contributed by atoms with Gasteiger partial charge in [-0.05, 0) is 87.9 Å². The molecule has 2 bridgehead atoms. The van der Waals surface area contributed by atoms with Gasteiger partial charge in [0.1, 0.15) is 5.60 Å². The fourth-order valence-corrected chi connectivity index (χ4v) is 7.32. The molecule has 202 valence electrons. The zero-order valence-corrected chi connectivity index (χ0v) is 22.9. The monoisotopic (exact) mass is 505 g/mol. The normalized spacial score (nSPS) is 26.9. The Bertz CT molecular complexity index is 929. The SMILES string of the molecule is COC1CC2CCC1C2N(C)CCCCc1ccccc1.O=CC(O)(c1ccccc1)C1CCCCC1. The molecule has 0 saturated heterocycles. The van der Waals surface area contributed by atoms with E-state index < -0.39 is 5.60 Å². The molecule has 2 aromatic rings. The Morgan fingerprint density at radius 3 is 2.24 bits per heavy atom. The average molecular weight is 506 g/mol. The summed E-state index contributed by atoms with van der Waals surface area (Å²) in [5.41, 5.74) is 0.930. The van der Waals surface area contributed by atoms with Gasteiger partial charge in [0, 0.05) is 19.1 Å². The number of fused-ring (bicyclic) bond motifs is 2. The minimum atomic E-state index is -1.28. The molecule has 0 radical (unpaired) electrons. The van der Waals surface area contributed by atoms with Crippen LogP contribution in [0.3, 0.4) is 0 Å². The van der Waals surface area contributed by atoms with Crippen molar-refractivity contribution in [2.75, 3.05) is 20.7 Å². The summed E-state index contributed by atoms with van der Waals surface area (Å²) in [6.45, 7) is 1.24. The van der Waals surface area contributed by atoms with E-state index in [1.165, 1.54) is 57.1 Å². The molecule has 3 saturated carbocycles. The standard InChI is InChI=1S/C19H29NO.C14H18O2/c1-20(13-7-6-10-15-8-4-3-5-9-15)19-16-11-12-17(19)18(14-16)21-2;15-11-14(16,12-7-3-1-4-8-12)13-9-5-2-6-10-13/h3-5,8-9,16-19H,6-7,10-14H2,1-2H3;1,3-4,7-8,11,13,16H,2,5-6,9-10H2. The van der Waals surface area contributed by atoms with Crippen molar-refractivity contribution in [1.82, 2.24) is 4.90 Å². The van der Waals surface area contributed by atoms with Gasteiger partial charge in [-0.2, -0.15) is 0 Å². The predicted molar refractivity (Wildman–Crippen MR) is 150 cm³/mol. The lowest BCUT2D eigenvalue weighted by Crippen LogP contribution is -2.38. The zero-order chi connectivity index (χ0) is 26.1. The Balaban J connectivity index is 0.000000180. The molecule has 0 aliphatic heterocycles. The van der Waals surface area contributed by atoms with Gasteiger partial charge in [-0.25, -0.2) is 0 Å². The third kappa shape index (κ3) is 6.90. The minimum absolute atomic E-state index is 0.0844. The largest absolute Gasteiger partial charge is 0.381 e. The molecule has 0 aromatic heterocycles. The lowest BCUT2D eigenvalue weighted by atomic mass is 9.74. The first-order chi connectivity index (χ1) is 18.1. The van der Waals surface area contributed by atoms with Crippen LogP contribution in [0.5, 0.6) is 0 Å². The highest BCUT2D eigenvalue weighted by molar-refractivity contribution is 5.66. The molecule has 3 aliphatic rings. The molecule has 2 aromatic carbocycles. The van der Waals surface area contributed by atoms with Crippen LogP contribution < -0.4 is 0 Å². The number of aryl methyl sites for hydroxylation is 1. The summed E-state index contributed by atoms with van der Waals surface area (Å²) in [6.07, 6.45) is 14.5. The van der Waals surface area contributed by atoms with Gasteiger partial charge in [-0.1, -0.05) is 79.9 Å². The second-order valence-electron chi connectivity index (χ2n) is 11.6. The minimum Gasteiger partial charge on any atom is -0.381 e. The molecule has 37 heavy (non-hydrogen) atoms. The Morgan fingerprint density at radius 2 is 1.62 bits per heavy atom. The number of carbonyl (C=O) groups is 1. The molecular weight excluding hydrogens is 458 g/mol. The fourth-order valence-electron chi connectivity index (χ4n) is 7.32. The Labute approximate surface area is 224 Å². The van der Waals surface area contributed by atoms with Crippen LogP contribution in [0.1, 0.15) is 75.3 Å². The molecule has 0 amide bonds. The van der Waals surface area contributed by atoms with Gasteiger partial charge < -0.3 is 14.7 Å². The van der Waals surface area contributed by atoms with Crippen LogP contribution in [0.4, 0.5) is 0 Å². The lowest BCUT2D eigenvalue weighted by molar-refractivity contribution is -0.132. The third-order valence-corrected chi connectivity index (χ3v) is 9.33. The third-order valence-electron chi connectivity index (χ3n) is 9.33. The van der Waals surface area contributed by atoms with Crippen LogP contribution in [0.25, 0.3) is 0 Å². The number of hydrogen-bond donors (Lipinski definition) is 1. The highest BCUT2D eigenvalue weighted by Crippen LogP contribution is 2.48. The van der Waals surface area contributed by atoms with Crippen LogP contribution in [0, 0.1) is 17.8 Å². The molecule has 0 heterocycles. The van der Waals surface area contributed by atoms with E-state index in [0.29, 0.717) is 6.10 Å². The van der Waals surface area contributed by atoms with Crippen molar-refractivity contribution in [3.05, 3.63) is 71.8 Å². The zero-order valence-electron chi connectivity index (χ0n) is 22.9. The van der Waals surface area contributed by atoms with Gasteiger partial charge in [0.2, 0.25) is 0 Å². The van der Waals surface area contributed by atoms with Crippen LogP contribution in [0.15, 0.2) is 60.7 Å². The van der Waals surface area contributed by atoms with E-state index in [1.54, 1.807) is 0 Å². The second-order valence-corrected chi connectivity index (χ2v) is 11.6. The summed E-state index contributed by atoms with van der Waals surface area (Å²) in [6, 6.07) is 21.0. The van der Waals surface area contributed by atoms with Crippen LogP contribution in [0.2, 0.25) is 0 Å². The van der Waals surface area contributed by atoms with Crippen LogP contribution in [-0.2, 0) is 21.6 Å². The highest BCUT2D eigenvalue weighted by Gasteiger charge is 2.49. The van der Waals surface area contributed by atoms with Crippen molar-refractivity contribution >= 4 is 6.29 Å². The van der Waals surface area contributed by atoms with Crippen molar-refractivity contribution in [3.8, 4) is 0 Å². The topological polar surface area (TPSA) is 49.8 Å². The van der Waals surface area contributed by atoms with Crippen molar-refractivity contribution < 1.29 is 14.6 Å². The van der Waals surface area contributed by atoms with Crippen molar-refractivity contribution in [3.63, 3.8) is 0 Å². The number of aliphatic hydroxyl groups is 1. The smallest absolute Gasteiger partial charge is 0.156 e. The molecule has 0 spiro atoms. The number of nitrogens with zero attached hydrogens (tertiary/aromatic N) is 1. The van der Waals surface area contributed by atoms with Gasteiger partial charge >= 0.3 is 0 Å². The van der Waals surface area contributed by atoms with Gasteiger partial charge in [0.05, 0.1) is 6.10 Å². The molecular formula is C33H47NO3. The highest BCUT2D eigenvalue weighted by atomic mass is 16.5. The molecule has 5 unspecified atom stereocenters. The molecule has 3 fully saturated rings. The number of methoxy groups -OCH3 is 1. The number of rotatable bonds is 10. The van der Waals surface area contributed by atoms with Gasteiger partial charge in [0.15, 0.2) is 6.29 Å². The number of aldehydes is 1. The molecule has 5 rings (SSSR count). The summed E-state index contributed by atoms with van der Waals surface area (Å²) < 4.78 is 5.68. The summed E-state index contributed by atoms with van der Waals surface area (Å²) in [5.74, 6) is 1.76. The van der Waals surface area contributed by atoms with Crippen molar-refractivity contribution in [2.24, 2.45) is 17.8 Å². The summed E-state index contributed by atoms with van der Waals surface area (Å²) in [4.78, 5) is 13.9. The number of ether oxygens (including phenoxy) is 1. The van der Waals surface area contributed by atoms with Crippen LogP contribution in [-0.4, -0.2) is 49.1 Å². The lowest BCUT2D eigenvalue weighted by Gasteiger charge is -2.34. The fraction of sp³-hybridized carbons (Fsp3) is 0.606. The van der Waals surface area contributed by atoms with E-state index in [-0.39, 0.29) is 5.92 Å². The summed E-state index contributed by atoms with van der Waals surface area (Å²) >= 11 is 0. The van der Waals surface area contributed by atoms with Gasteiger partial charge in [-0.15, -0.1) is 0 Å². The van der Waals surface area contributed by atoms with Crippen LogP contribution >= 0.6 is 0 Å². The van der Waals surface area contributed by atoms with E-state index in [0.717, 1.165) is 55.4 Å². The van der Waals surface area contributed by atoms with E-state index in [9.17, 15) is 9.90 Å². The average Bonchev–Trinajstić information content (AvgIpc) is 3.55. The summed E-state index contributed by atoms with van der Waals surface area (Å²) in [5, 5.41) is 10.5. The number of carbonyl (C=O) groups excluding carboxylic acids is 1. The Kier molecular flexibility index (Phi) is 10.4.